The van der Waals surface area contributed by atoms with E-state index < -0.39 is 26.2 Å². The number of aryl methyl sites for hydroxylation is 1. The summed E-state index contributed by atoms with van der Waals surface area (Å²) in [6, 6.07) is 17.4. The summed E-state index contributed by atoms with van der Waals surface area (Å²) in [6.07, 6.45) is 7.72. The first-order valence-electron chi connectivity index (χ1n) is 13.0. The Labute approximate surface area is 222 Å². The van der Waals surface area contributed by atoms with Crippen molar-refractivity contribution in [2.24, 2.45) is 0 Å². The summed E-state index contributed by atoms with van der Waals surface area (Å²) in [6.45, 7) is 3.91. The molecule has 0 radical (unpaired) electrons. The molecule has 0 aliphatic heterocycles. The van der Waals surface area contributed by atoms with Crippen LogP contribution in [0.15, 0.2) is 87.6 Å². The molecule has 2 aromatic carbocycles. The molecule has 5 rings (SSSR count). The van der Waals surface area contributed by atoms with Gasteiger partial charge in [0, 0.05) is 18.3 Å². The predicted molar refractivity (Wildman–Crippen MR) is 146 cm³/mol. The summed E-state index contributed by atoms with van der Waals surface area (Å²) in [5.74, 6) is -0.0918. The molecule has 196 valence electrons. The van der Waals surface area contributed by atoms with E-state index in [4.69, 9.17) is 0 Å². The Morgan fingerprint density at radius 2 is 1.71 bits per heavy atom. The van der Waals surface area contributed by atoms with Crippen LogP contribution in [0.4, 0.5) is 0 Å². The fourth-order valence-electron chi connectivity index (χ4n) is 5.51. The van der Waals surface area contributed by atoms with Crippen LogP contribution in [-0.2, 0) is 9.84 Å². The molecule has 7 nitrogen and oxygen atoms in total. The van der Waals surface area contributed by atoms with E-state index in [-0.39, 0.29) is 16.9 Å². The molecule has 0 bridgehead atoms. The van der Waals surface area contributed by atoms with Crippen molar-refractivity contribution >= 4 is 9.84 Å². The maximum absolute atomic E-state index is 13.8. The number of hydrogen-bond acceptors (Lipinski definition) is 6. The quantitative estimate of drug-likeness (QED) is 0.324. The van der Waals surface area contributed by atoms with E-state index in [2.05, 4.69) is 9.97 Å². The summed E-state index contributed by atoms with van der Waals surface area (Å²) in [7, 11) is -4.35. The Bertz CT molecular complexity index is 1610. The standard InChI is InChI=1S/C30H31N3O4S/c1-3-26(22-9-5-4-6-10-22)33-28(23-11-7-8-12-23)32-29(34)27(30(33)35)38(36,37)24-15-13-21(14-16-24)25-17-18-31-19-20(25)2/h4-6,9-10,13-19,23,26,35H,3,7-8,11-12H2,1-2H3. The molecule has 1 saturated carbocycles. The number of pyridine rings is 1. The molecule has 0 saturated heterocycles. The highest BCUT2D eigenvalue weighted by Gasteiger charge is 2.34. The molecule has 38 heavy (non-hydrogen) atoms. The van der Waals surface area contributed by atoms with E-state index in [1.54, 1.807) is 29.1 Å². The van der Waals surface area contributed by atoms with E-state index in [1.165, 1.54) is 12.1 Å². The van der Waals surface area contributed by atoms with Crippen molar-refractivity contribution in [3.8, 4) is 17.0 Å². The number of benzene rings is 2. The lowest BCUT2D eigenvalue weighted by Crippen LogP contribution is -2.28. The average Bonchev–Trinajstić information content (AvgIpc) is 3.46. The van der Waals surface area contributed by atoms with Crippen molar-refractivity contribution in [2.75, 3.05) is 0 Å². The molecule has 1 aliphatic carbocycles. The van der Waals surface area contributed by atoms with Gasteiger partial charge in [-0.1, -0.05) is 62.2 Å². The van der Waals surface area contributed by atoms with E-state index >= 15 is 0 Å². The molecule has 2 aromatic heterocycles. The highest BCUT2D eigenvalue weighted by atomic mass is 32.2. The highest BCUT2D eigenvalue weighted by Crippen LogP contribution is 2.39. The number of sulfone groups is 1. The van der Waals surface area contributed by atoms with Crippen molar-refractivity contribution in [3.63, 3.8) is 0 Å². The molecule has 1 unspecified atom stereocenters. The second-order valence-corrected chi connectivity index (χ2v) is 11.7. The van der Waals surface area contributed by atoms with E-state index in [9.17, 15) is 18.3 Å². The third kappa shape index (κ3) is 4.65. The van der Waals surface area contributed by atoms with Gasteiger partial charge in [-0.3, -0.25) is 14.3 Å². The van der Waals surface area contributed by atoms with Crippen LogP contribution in [0.25, 0.3) is 11.1 Å². The second kappa shape index (κ2) is 10.5. The van der Waals surface area contributed by atoms with Gasteiger partial charge in [0.2, 0.25) is 15.7 Å². The summed E-state index contributed by atoms with van der Waals surface area (Å²) >= 11 is 0. The topological polar surface area (TPSA) is 102 Å². The Balaban J connectivity index is 1.66. The summed E-state index contributed by atoms with van der Waals surface area (Å²) < 4.78 is 29.2. The van der Waals surface area contributed by atoms with Crippen LogP contribution in [0.3, 0.4) is 0 Å². The smallest absolute Gasteiger partial charge is 0.296 e. The van der Waals surface area contributed by atoms with Crippen LogP contribution < -0.4 is 5.56 Å². The third-order valence-corrected chi connectivity index (χ3v) is 9.24. The highest BCUT2D eigenvalue weighted by molar-refractivity contribution is 7.91. The molecule has 4 aromatic rings. The molecule has 2 heterocycles. The van der Waals surface area contributed by atoms with Crippen molar-refractivity contribution < 1.29 is 13.5 Å². The van der Waals surface area contributed by atoms with Crippen LogP contribution in [0.1, 0.15) is 67.9 Å². The fraction of sp³-hybridized carbons (Fsp3) is 0.300. The Morgan fingerprint density at radius 1 is 1.03 bits per heavy atom. The number of aromatic hydroxyl groups is 1. The first kappa shape index (κ1) is 25.9. The molecule has 1 atom stereocenters. The zero-order chi connectivity index (χ0) is 26.9. The zero-order valence-electron chi connectivity index (χ0n) is 21.5. The lowest BCUT2D eigenvalue weighted by molar-refractivity contribution is 0.352. The third-order valence-electron chi connectivity index (χ3n) is 7.46. The van der Waals surface area contributed by atoms with Gasteiger partial charge in [0.1, 0.15) is 5.82 Å². The minimum Gasteiger partial charge on any atom is -0.493 e. The van der Waals surface area contributed by atoms with Crippen LogP contribution in [0.2, 0.25) is 0 Å². The number of rotatable bonds is 7. The van der Waals surface area contributed by atoms with Gasteiger partial charge in [0.25, 0.3) is 5.56 Å². The second-order valence-electron chi connectivity index (χ2n) is 9.83. The van der Waals surface area contributed by atoms with Gasteiger partial charge >= 0.3 is 0 Å². The lowest BCUT2D eigenvalue weighted by Gasteiger charge is -2.27. The van der Waals surface area contributed by atoms with Crippen molar-refractivity contribution in [2.45, 2.75) is 67.7 Å². The normalized spacial score (nSPS) is 15.0. The first-order chi connectivity index (χ1) is 18.3. The molecule has 0 amide bonds. The average molecular weight is 530 g/mol. The molecule has 1 fully saturated rings. The van der Waals surface area contributed by atoms with Crippen molar-refractivity contribution in [3.05, 3.63) is 100 Å². The van der Waals surface area contributed by atoms with Gasteiger partial charge < -0.3 is 5.11 Å². The fourth-order valence-corrected chi connectivity index (χ4v) is 6.85. The van der Waals surface area contributed by atoms with Gasteiger partial charge in [-0.05, 0) is 66.6 Å². The van der Waals surface area contributed by atoms with Crippen LogP contribution in [0.5, 0.6) is 5.88 Å². The Hall–Kier alpha value is -3.78. The van der Waals surface area contributed by atoms with Crippen molar-refractivity contribution in [1.29, 1.82) is 0 Å². The van der Waals surface area contributed by atoms with Gasteiger partial charge in [0.05, 0.1) is 10.9 Å². The van der Waals surface area contributed by atoms with Gasteiger partial charge in [-0.25, -0.2) is 8.42 Å². The molecular weight excluding hydrogens is 498 g/mol. The molecule has 0 spiro atoms. The Morgan fingerprint density at radius 3 is 2.34 bits per heavy atom. The minimum atomic E-state index is -4.35. The monoisotopic (exact) mass is 529 g/mol. The zero-order valence-corrected chi connectivity index (χ0v) is 22.4. The predicted octanol–water partition coefficient (Wildman–Crippen LogP) is 5.81. The largest absolute Gasteiger partial charge is 0.493 e. The first-order valence-corrected chi connectivity index (χ1v) is 14.5. The molecule has 1 aliphatic rings. The SMILES string of the molecule is CCC(c1ccccc1)n1c(C2CCCC2)nc(=O)c(S(=O)(=O)c2ccc(-c3ccncc3C)cc2)c1O. The maximum Gasteiger partial charge on any atom is 0.296 e. The number of nitrogens with zero attached hydrogens (tertiary/aromatic N) is 3. The Kier molecular flexibility index (Phi) is 7.17. The summed E-state index contributed by atoms with van der Waals surface area (Å²) in [4.78, 5) is 21.0. The van der Waals surface area contributed by atoms with E-state index in [0.717, 1.165) is 47.9 Å². The number of aromatic nitrogens is 3. The van der Waals surface area contributed by atoms with Crippen LogP contribution >= 0.6 is 0 Å². The van der Waals surface area contributed by atoms with Crippen LogP contribution in [-0.4, -0.2) is 28.1 Å². The maximum atomic E-state index is 13.8. The number of hydrogen-bond donors (Lipinski definition) is 1. The van der Waals surface area contributed by atoms with E-state index in [0.29, 0.717) is 12.2 Å². The molecule has 8 heteroatoms. The van der Waals surface area contributed by atoms with Crippen molar-refractivity contribution in [1.82, 2.24) is 14.5 Å². The lowest BCUT2D eigenvalue weighted by atomic mass is 10.0. The summed E-state index contributed by atoms with van der Waals surface area (Å²) in [5, 5.41) is 11.6. The molecular formula is C30H31N3O4S. The van der Waals surface area contributed by atoms with Gasteiger partial charge in [-0.2, -0.15) is 4.98 Å². The van der Waals surface area contributed by atoms with E-state index in [1.807, 2.05) is 50.2 Å². The van der Waals surface area contributed by atoms with Crippen LogP contribution in [0, 0.1) is 6.92 Å². The molecule has 1 N–H and O–H groups in total. The summed E-state index contributed by atoms with van der Waals surface area (Å²) in [5.41, 5.74) is 2.72. The van der Waals surface area contributed by atoms with Gasteiger partial charge in [0.15, 0.2) is 4.90 Å². The minimum absolute atomic E-state index is 0.00833. The van der Waals surface area contributed by atoms with Gasteiger partial charge in [-0.15, -0.1) is 0 Å².